The van der Waals surface area contributed by atoms with Crippen molar-refractivity contribution in [2.45, 2.75) is 44.9 Å². The monoisotopic (exact) mass is 426 g/mol. The molecule has 0 saturated heterocycles. The molecule has 1 atom stereocenters. The van der Waals surface area contributed by atoms with E-state index in [9.17, 15) is 23.5 Å². The number of hydrogen-bond donors (Lipinski definition) is 2. The van der Waals surface area contributed by atoms with E-state index in [1.54, 1.807) is 0 Å². The van der Waals surface area contributed by atoms with Crippen molar-refractivity contribution in [3.8, 4) is 16.9 Å². The predicted molar refractivity (Wildman–Crippen MR) is 110 cm³/mol. The van der Waals surface area contributed by atoms with Gasteiger partial charge in [-0.2, -0.15) is 8.78 Å². The lowest BCUT2D eigenvalue weighted by atomic mass is 9.96. The largest absolute Gasteiger partial charge is 0.477 e. The van der Waals surface area contributed by atoms with Gasteiger partial charge in [-0.25, -0.2) is 4.79 Å². The fraction of sp³-hybridized carbons (Fsp3) is 0.304. The molecule has 1 unspecified atom stereocenters. The number of pyridine rings is 2. The topological polar surface area (TPSA) is 80.0 Å². The standard InChI is InChI=1S/C23H20F2N2O4/c1-11-15-5-4-13(8-14(15)10-26-11)16-6-7-27-19(20(16)31-23(24)25)17(12-2-3-12)9-18(21(27)28)22(29)30/h4-9,11-12,23,26H,2-3,10H2,1H3,(H,29,30). The number of fused-ring (bicyclic) bond motifs is 2. The number of nitrogens with zero attached hydrogens (tertiary/aromatic N) is 1. The van der Waals surface area contributed by atoms with Crippen molar-refractivity contribution in [3.63, 3.8) is 0 Å². The van der Waals surface area contributed by atoms with Crippen LogP contribution in [-0.2, 0) is 6.54 Å². The van der Waals surface area contributed by atoms with Gasteiger partial charge in [0, 0.05) is 24.3 Å². The second-order valence-electron chi connectivity index (χ2n) is 8.07. The normalized spacial score (nSPS) is 17.9. The Morgan fingerprint density at radius 3 is 2.68 bits per heavy atom. The summed E-state index contributed by atoms with van der Waals surface area (Å²) in [7, 11) is 0. The summed E-state index contributed by atoms with van der Waals surface area (Å²) in [5.74, 6) is -1.44. The minimum atomic E-state index is -3.10. The quantitative estimate of drug-likeness (QED) is 0.636. The van der Waals surface area contributed by atoms with E-state index in [1.807, 2.05) is 18.2 Å². The molecule has 1 aliphatic carbocycles. The Hall–Kier alpha value is -3.26. The molecule has 1 fully saturated rings. The molecule has 8 heteroatoms. The highest BCUT2D eigenvalue weighted by Gasteiger charge is 2.31. The molecule has 0 radical (unpaired) electrons. The number of benzene rings is 1. The smallest absolute Gasteiger partial charge is 0.387 e. The second-order valence-corrected chi connectivity index (χ2v) is 8.07. The van der Waals surface area contributed by atoms with E-state index in [0.717, 1.165) is 28.4 Å². The maximum absolute atomic E-state index is 13.5. The Balaban J connectivity index is 1.80. The van der Waals surface area contributed by atoms with Gasteiger partial charge in [0.2, 0.25) is 0 Å². The highest BCUT2D eigenvalue weighted by Crippen LogP contribution is 2.46. The number of halogens is 2. The van der Waals surface area contributed by atoms with Crippen molar-refractivity contribution < 1.29 is 23.4 Å². The molecule has 2 aromatic heterocycles. The number of carboxylic acids is 1. The van der Waals surface area contributed by atoms with Crippen LogP contribution in [0.15, 0.2) is 41.3 Å². The Bertz CT molecular complexity index is 1280. The lowest BCUT2D eigenvalue weighted by molar-refractivity contribution is -0.0487. The molecule has 160 valence electrons. The molecule has 31 heavy (non-hydrogen) atoms. The number of alkyl halides is 2. The molecular weight excluding hydrogens is 406 g/mol. The minimum Gasteiger partial charge on any atom is -0.477 e. The number of carbonyl (C=O) groups is 1. The summed E-state index contributed by atoms with van der Waals surface area (Å²) < 4.78 is 33.0. The van der Waals surface area contributed by atoms with Gasteiger partial charge in [-0.05, 0) is 66.1 Å². The van der Waals surface area contributed by atoms with E-state index in [2.05, 4.69) is 12.2 Å². The molecule has 2 N–H and O–H groups in total. The zero-order valence-corrected chi connectivity index (χ0v) is 16.7. The number of ether oxygens (including phenoxy) is 1. The van der Waals surface area contributed by atoms with Crippen LogP contribution in [0.3, 0.4) is 0 Å². The average molecular weight is 426 g/mol. The van der Waals surface area contributed by atoms with Crippen molar-refractivity contribution >= 4 is 11.5 Å². The number of carboxylic acid groups (broad SMARTS) is 1. The summed E-state index contributed by atoms with van der Waals surface area (Å²) in [6, 6.07) is 8.82. The van der Waals surface area contributed by atoms with Gasteiger partial charge in [-0.1, -0.05) is 12.1 Å². The van der Waals surface area contributed by atoms with Crippen LogP contribution in [0.2, 0.25) is 0 Å². The maximum Gasteiger partial charge on any atom is 0.387 e. The van der Waals surface area contributed by atoms with Crippen LogP contribution in [-0.4, -0.2) is 22.1 Å². The molecule has 0 amide bonds. The van der Waals surface area contributed by atoms with Gasteiger partial charge in [-0.15, -0.1) is 0 Å². The Kier molecular flexibility index (Phi) is 4.55. The molecule has 0 bridgehead atoms. The predicted octanol–water partition coefficient (Wildman–Crippen LogP) is 4.31. The van der Waals surface area contributed by atoms with Crippen molar-refractivity contribution in [1.29, 1.82) is 0 Å². The van der Waals surface area contributed by atoms with Crippen LogP contribution in [0, 0.1) is 0 Å². The summed E-state index contributed by atoms with van der Waals surface area (Å²) in [5.41, 5.74) is 2.97. The average Bonchev–Trinajstić information content (AvgIpc) is 3.51. The number of hydrogen-bond acceptors (Lipinski definition) is 4. The Morgan fingerprint density at radius 1 is 1.23 bits per heavy atom. The Labute approximate surface area is 176 Å². The first kappa shape index (κ1) is 19.7. The summed E-state index contributed by atoms with van der Waals surface area (Å²) in [4.78, 5) is 24.3. The molecular formula is C23H20F2N2O4. The first-order chi connectivity index (χ1) is 14.8. The van der Waals surface area contributed by atoms with Crippen LogP contribution >= 0.6 is 0 Å². The van der Waals surface area contributed by atoms with Crippen LogP contribution in [0.5, 0.6) is 5.75 Å². The van der Waals surface area contributed by atoms with Crippen LogP contribution in [0.4, 0.5) is 8.78 Å². The molecule has 6 nitrogen and oxygen atoms in total. The third-order valence-corrected chi connectivity index (χ3v) is 6.09. The summed E-state index contributed by atoms with van der Waals surface area (Å²) in [6.07, 6.45) is 3.04. The van der Waals surface area contributed by atoms with Crippen LogP contribution in [0.1, 0.15) is 58.8 Å². The molecule has 1 aromatic carbocycles. The number of aromatic carboxylic acids is 1. The third kappa shape index (κ3) is 3.27. The van der Waals surface area contributed by atoms with Crippen molar-refractivity contribution in [1.82, 2.24) is 9.72 Å². The van der Waals surface area contributed by atoms with Crippen LogP contribution in [0.25, 0.3) is 16.6 Å². The Morgan fingerprint density at radius 2 is 2.00 bits per heavy atom. The van der Waals surface area contributed by atoms with Crippen molar-refractivity contribution in [2.75, 3.05) is 0 Å². The fourth-order valence-corrected chi connectivity index (χ4v) is 4.41. The van der Waals surface area contributed by atoms with E-state index in [-0.39, 0.29) is 28.8 Å². The van der Waals surface area contributed by atoms with E-state index in [0.29, 0.717) is 23.2 Å². The van der Waals surface area contributed by atoms with E-state index in [1.165, 1.54) is 18.3 Å². The summed E-state index contributed by atoms with van der Waals surface area (Å²) >= 11 is 0. The van der Waals surface area contributed by atoms with Gasteiger partial charge < -0.3 is 15.2 Å². The molecule has 1 aliphatic heterocycles. The number of rotatable bonds is 5. The summed E-state index contributed by atoms with van der Waals surface area (Å²) in [6.45, 7) is -0.360. The highest BCUT2D eigenvalue weighted by atomic mass is 19.3. The first-order valence-electron chi connectivity index (χ1n) is 10.1. The molecule has 2 aliphatic rings. The molecule has 3 heterocycles. The van der Waals surface area contributed by atoms with Crippen molar-refractivity contribution in [2.24, 2.45) is 0 Å². The van der Waals surface area contributed by atoms with Gasteiger partial charge >= 0.3 is 12.6 Å². The van der Waals surface area contributed by atoms with Gasteiger partial charge in [0.25, 0.3) is 5.56 Å². The molecule has 1 saturated carbocycles. The highest BCUT2D eigenvalue weighted by molar-refractivity contribution is 5.90. The lowest BCUT2D eigenvalue weighted by Crippen LogP contribution is -2.23. The second kappa shape index (κ2) is 7.16. The van der Waals surface area contributed by atoms with Gasteiger partial charge in [-0.3, -0.25) is 9.20 Å². The third-order valence-electron chi connectivity index (χ3n) is 6.09. The van der Waals surface area contributed by atoms with E-state index < -0.39 is 18.1 Å². The number of nitrogens with one attached hydrogen (secondary N) is 1. The summed E-state index contributed by atoms with van der Waals surface area (Å²) in [5, 5.41) is 12.8. The van der Waals surface area contributed by atoms with Crippen molar-refractivity contribution in [3.05, 3.63) is 69.1 Å². The molecule has 5 rings (SSSR count). The lowest BCUT2D eigenvalue weighted by Gasteiger charge is -2.18. The van der Waals surface area contributed by atoms with E-state index >= 15 is 0 Å². The van der Waals surface area contributed by atoms with Gasteiger partial charge in [0.1, 0.15) is 5.56 Å². The minimum absolute atomic E-state index is 0.00837. The molecule has 3 aromatic rings. The first-order valence-corrected chi connectivity index (χ1v) is 10.1. The van der Waals surface area contributed by atoms with E-state index in [4.69, 9.17) is 4.74 Å². The number of aromatic nitrogens is 1. The molecule has 0 spiro atoms. The zero-order valence-electron chi connectivity index (χ0n) is 16.7. The fourth-order valence-electron chi connectivity index (χ4n) is 4.41. The van der Waals surface area contributed by atoms with Gasteiger partial charge in [0.05, 0.1) is 5.52 Å². The maximum atomic E-state index is 13.5. The zero-order chi connectivity index (χ0) is 21.9. The SMILES string of the molecule is CC1NCc2cc(-c3ccn4c(=O)c(C(=O)O)cc(C5CC5)c4c3OC(F)F)ccc21. The van der Waals surface area contributed by atoms with Crippen LogP contribution < -0.4 is 15.6 Å². The van der Waals surface area contributed by atoms with Gasteiger partial charge in [0.15, 0.2) is 5.75 Å².